The minimum atomic E-state index is -0.121. The SMILES string of the molecule is O=Nc1c(-c2cccs2)nc2c(CO)cccn12. The molecule has 90 valence electrons. The van der Waals surface area contributed by atoms with Gasteiger partial charge in [-0.25, -0.2) is 4.98 Å². The molecule has 0 spiro atoms. The van der Waals surface area contributed by atoms with Crippen LogP contribution >= 0.6 is 11.3 Å². The van der Waals surface area contributed by atoms with Crippen molar-refractivity contribution in [1.82, 2.24) is 9.38 Å². The average molecular weight is 259 g/mol. The lowest BCUT2D eigenvalue weighted by atomic mass is 10.3. The molecule has 0 saturated carbocycles. The maximum atomic E-state index is 11.0. The van der Waals surface area contributed by atoms with E-state index in [1.807, 2.05) is 17.5 Å². The molecule has 0 saturated heterocycles. The molecule has 3 aromatic rings. The van der Waals surface area contributed by atoms with Crippen molar-refractivity contribution < 1.29 is 5.11 Å². The Bertz CT molecular complexity index is 704. The number of thiophene rings is 1. The first kappa shape index (κ1) is 11.1. The zero-order chi connectivity index (χ0) is 12.5. The van der Waals surface area contributed by atoms with Crippen LogP contribution in [0.2, 0.25) is 0 Å². The number of nitroso groups, excluding NO2 is 1. The molecular weight excluding hydrogens is 250 g/mol. The van der Waals surface area contributed by atoms with Crippen LogP contribution in [0.15, 0.2) is 41.0 Å². The molecule has 0 amide bonds. The molecule has 0 fully saturated rings. The maximum Gasteiger partial charge on any atom is 0.210 e. The summed E-state index contributed by atoms with van der Waals surface area (Å²) in [5, 5.41) is 14.3. The van der Waals surface area contributed by atoms with Crippen LogP contribution in [0.4, 0.5) is 5.82 Å². The molecule has 3 aromatic heterocycles. The Morgan fingerprint density at radius 3 is 2.94 bits per heavy atom. The van der Waals surface area contributed by atoms with E-state index in [2.05, 4.69) is 10.2 Å². The zero-order valence-corrected chi connectivity index (χ0v) is 10.1. The highest BCUT2D eigenvalue weighted by molar-refractivity contribution is 7.13. The first-order valence-electron chi connectivity index (χ1n) is 5.33. The number of nitrogens with zero attached hydrogens (tertiary/aromatic N) is 3. The third kappa shape index (κ3) is 1.54. The molecule has 0 aromatic carbocycles. The summed E-state index contributed by atoms with van der Waals surface area (Å²) in [5.74, 6) is 0.266. The molecule has 0 aliphatic heterocycles. The van der Waals surface area contributed by atoms with Crippen LogP contribution in [0.1, 0.15) is 5.56 Å². The first-order valence-corrected chi connectivity index (χ1v) is 6.21. The van der Waals surface area contributed by atoms with Gasteiger partial charge in [-0.2, -0.15) is 0 Å². The van der Waals surface area contributed by atoms with Gasteiger partial charge in [-0.15, -0.1) is 16.2 Å². The van der Waals surface area contributed by atoms with Crippen LogP contribution in [-0.2, 0) is 6.61 Å². The lowest BCUT2D eigenvalue weighted by Crippen LogP contribution is -1.90. The minimum absolute atomic E-state index is 0.121. The second-order valence-corrected chi connectivity index (χ2v) is 4.69. The van der Waals surface area contributed by atoms with Gasteiger partial charge in [0.2, 0.25) is 5.82 Å². The minimum Gasteiger partial charge on any atom is -0.392 e. The van der Waals surface area contributed by atoms with Gasteiger partial charge >= 0.3 is 0 Å². The number of rotatable bonds is 3. The van der Waals surface area contributed by atoms with Gasteiger partial charge in [-0.1, -0.05) is 12.1 Å². The molecule has 0 aliphatic rings. The third-order valence-electron chi connectivity index (χ3n) is 2.72. The number of imidazole rings is 1. The number of aliphatic hydroxyl groups is 1. The van der Waals surface area contributed by atoms with Gasteiger partial charge in [0.15, 0.2) is 0 Å². The fourth-order valence-electron chi connectivity index (χ4n) is 1.90. The predicted octanol–water partition coefficient (Wildman–Crippen LogP) is 2.95. The lowest BCUT2D eigenvalue weighted by molar-refractivity contribution is 0.282. The molecule has 0 aliphatic carbocycles. The Morgan fingerprint density at radius 2 is 2.28 bits per heavy atom. The third-order valence-corrected chi connectivity index (χ3v) is 3.59. The molecule has 0 unspecified atom stereocenters. The lowest BCUT2D eigenvalue weighted by Gasteiger charge is -1.98. The van der Waals surface area contributed by atoms with Gasteiger partial charge in [0.25, 0.3) is 0 Å². The topological polar surface area (TPSA) is 67.0 Å². The summed E-state index contributed by atoms with van der Waals surface area (Å²) in [5.41, 5.74) is 1.80. The fourth-order valence-corrected chi connectivity index (χ4v) is 2.61. The van der Waals surface area contributed by atoms with Crippen molar-refractivity contribution in [2.24, 2.45) is 5.18 Å². The Balaban J connectivity index is 2.36. The molecule has 0 bridgehead atoms. The molecule has 6 heteroatoms. The van der Waals surface area contributed by atoms with Gasteiger partial charge < -0.3 is 5.11 Å². The Morgan fingerprint density at radius 1 is 1.39 bits per heavy atom. The molecule has 18 heavy (non-hydrogen) atoms. The van der Waals surface area contributed by atoms with Crippen molar-refractivity contribution in [3.05, 3.63) is 46.3 Å². The number of hydrogen-bond acceptors (Lipinski definition) is 5. The monoisotopic (exact) mass is 259 g/mol. The van der Waals surface area contributed by atoms with Crippen molar-refractivity contribution >= 4 is 22.8 Å². The van der Waals surface area contributed by atoms with Crippen LogP contribution in [0.25, 0.3) is 16.2 Å². The van der Waals surface area contributed by atoms with Crippen LogP contribution in [-0.4, -0.2) is 14.5 Å². The van der Waals surface area contributed by atoms with Crippen molar-refractivity contribution in [3.8, 4) is 10.6 Å². The number of aromatic nitrogens is 2. The smallest absolute Gasteiger partial charge is 0.210 e. The van der Waals surface area contributed by atoms with Crippen LogP contribution in [0.5, 0.6) is 0 Å². The summed E-state index contributed by atoms with van der Waals surface area (Å²) < 4.78 is 1.60. The molecule has 0 atom stereocenters. The molecule has 3 heterocycles. The molecule has 3 rings (SSSR count). The summed E-state index contributed by atoms with van der Waals surface area (Å²) in [6.07, 6.45) is 1.72. The number of pyridine rings is 1. The van der Waals surface area contributed by atoms with Gasteiger partial charge in [0.05, 0.1) is 11.5 Å². The zero-order valence-electron chi connectivity index (χ0n) is 9.28. The van der Waals surface area contributed by atoms with E-state index in [4.69, 9.17) is 0 Å². The molecule has 5 nitrogen and oxygen atoms in total. The van der Waals surface area contributed by atoms with Gasteiger partial charge in [-0.3, -0.25) is 4.40 Å². The summed E-state index contributed by atoms with van der Waals surface area (Å²) in [6, 6.07) is 7.31. The van der Waals surface area contributed by atoms with E-state index in [1.54, 1.807) is 22.7 Å². The van der Waals surface area contributed by atoms with E-state index in [0.29, 0.717) is 16.9 Å². The second kappa shape index (κ2) is 4.32. The highest BCUT2D eigenvalue weighted by atomic mass is 32.1. The standard InChI is InChI=1S/C12H9N3O2S/c16-7-8-3-1-5-15-11(8)13-10(12(15)14-17)9-4-2-6-18-9/h1-6,16H,7H2. The fraction of sp³-hybridized carbons (Fsp3) is 0.0833. The van der Waals surface area contributed by atoms with E-state index in [1.165, 1.54) is 11.3 Å². The van der Waals surface area contributed by atoms with Crippen molar-refractivity contribution in [2.45, 2.75) is 6.61 Å². The Kier molecular flexibility index (Phi) is 2.66. The molecular formula is C12H9N3O2S. The molecule has 1 N–H and O–H groups in total. The second-order valence-electron chi connectivity index (χ2n) is 3.74. The van der Waals surface area contributed by atoms with Crippen LogP contribution in [0.3, 0.4) is 0 Å². The van der Waals surface area contributed by atoms with E-state index < -0.39 is 0 Å². The summed E-state index contributed by atoms with van der Waals surface area (Å²) in [7, 11) is 0. The molecule has 0 radical (unpaired) electrons. The average Bonchev–Trinajstić information content (AvgIpc) is 3.04. The predicted molar refractivity (Wildman–Crippen MR) is 69.9 cm³/mol. The first-order chi connectivity index (χ1) is 8.85. The van der Waals surface area contributed by atoms with Gasteiger partial charge in [0, 0.05) is 11.8 Å². The Hall–Kier alpha value is -2.05. The van der Waals surface area contributed by atoms with Crippen LogP contribution in [0, 0.1) is 4.91 Å². The Labute approximate surface area is 106 Å². The van der Waals surface area contributed by atoms with Crippen molar-refractivity contribution in [3.63, 3.8) is 0 Å². The van der Waals surface area contributed by atoms with E-state index >= 15 is 0 Å². The normalized spacial score (nSPS) is 10.9. The number of aliphatic hydroxyl groups excluding tert-OH is 1. The number of fused-ring (bicyclic) bond motifs is 1. The van der Waals surface area contributed by atoms with E-state index in [-0.39, 0.29) is 12.4 Å². The highest BCUT2D eigenvalue weighted by Gasteiger charge is 2.17. The van der Waals surface area contributed by atoms with Crippen molar-refractivity contribution in [1.29, 1.82) is 0 Å². The number of hydrogen-bond donors (Lipinski definition) is 1. The van der Waals surface area contributed by atoms with E-state index in [0.717, 1.165) is 4.88 Å². The van der Waals surface area contributed by atoms with E-state index in [9.17, 15) is 10.0 Å². The highest BCUT2D eigenvalue weighted by Crippen LogP contribution is 2.34. The van der Waals surface area contributed by atoms with Gasteiger partial charge in [-0.05, 0) is 22.7 Å². The summed E-state index contributed by atoms with van der Waals surface area (Å²) in [6.45, 7) is -0.121. The van der Waals surface area contributed by atoms with Crippen LogP contribution < -0.4 is 0 Å². The largest absolute Gasteiger partial charge is 0.392 e. The van der Waals surface area contributed by atoms with Gasteiger partial charge in [0.1, 0.15) is 11.3 Å². The quantitative estimate of drug-likeness (QED) is 0.735. The maximum absolute atomic E-state index is 11.0. The summed E-state index contributed by atoms with van der Waals surface area (Å²) in [4.78, 5) is 16.3. The van der Waals surface area contributed by atoms with Crippen molar-refractivity contribution in [2.75, 3.05) is 0 Å². The summed E-state index contributed by atoms with van der Waals surface area (Å²) >= 11 is 1.50.